The Morgan fingerprint density at radius 1 is 1.21 bits per heavy atom. The first-order chi connectivity index (χ1) is 14.1. The van der Waals surface area contributed by atoms with Gasteiger partial charge >= 0.3 is 0 Å². The van der Waals surface area contributed by atoms with Crippen molar-refractivity contribution in [1.82, 2.24) is 15.2 Å². The third kappa shape index (κ3) is 4.71. The molecule has 8 heteroatoms. The molecule has 0 unspecified atom stereocenters. The smallest absolute Gasteiger partial charge is 0.263 e. The number of nitrogens with zero attached hydrogens (tertiary/aromatic N) is 2. The highest BCUT2D eigenvalue weighted by molar-refractivity contribution is 7.17. The number of likely N-dealkylation sites (tertiary alicyclic amines) is 1. The molecule has 0 radical (unpaired) electrons. The van der Waals surface area contributed by atoms with Gasteiger partial charge in [-0.25, -0.2) is 13.8 Å². The second kappa shape index (κ2) is 8.84. The highest BCUT2D eigenvalue weighted by Gasteiger charge is 2.26. The van der Waals surface area contributed by atoms with Crippen LogP contribution in [0.15, 0.2) is 53.1 Å². The molecule has 1 N–H and O–H groups in total. The zero-order chi connectivity index (χ0) is 20.2. The molecule has 1 fully saturated rings. The van der Waals surface area contributed by atoms with E-state index in [0.29, 0.717) is 47.3 Å². The minimum absolute atomic E-state index is 0.0331. The van der Waals surface area contributed by atoms with Crippen molar-refractivity contribution < 1.29 is 18.0 Å². The lowest BCUT2D eigenvalue weighted by Gasteiger charge is -2.31. The topological polar surface area (TPSA) is 58.4 Å². The molecule has 29 heavy (non-hydrogen) atoms. The Morgan fingerprint density at radius 3 is 2.62 bits per heavy atom. The Bertz CT molecular complexity index is 936. The number of thiazole rings is 1. The van der Waals surface area contributed by atoms with Crippen molar-refractivity contribution in [1.29, 1.82) is 0 Å². The van der Waals surface area contributed by atoms with Crippen LogP contribution >= 0.6 is 11.3 Å². The average molecular weight is 417 g/mol. The molecule has 4 rings (SSSR count). The van der Waals surface area contributed by atoms with Crippen molar-refractivity contribution in [2.45, 2.75) is 25.3 Å². The molecule has 0 aliphatic carbocycles. The summed E-state index contributed by atoms with van der Waals surface area (Å²) >= 11 is 1.29. The number of rotatable bonds is 6. The van der Waals surface area contributed by atoms with Crippen molar-refractivity contribution in [2.24, 2.45) is 0 Å². The van der Waals surface area contributed by atoms with Gasteiger partial charge in [-0.2, -0.15) is 0 Å². The largest absolute Gasteiger partial charge is 0.462 e. The second-order valence-electron chi connectivity index (χ2n) is 6.98. The molecule has 2 aromatic heterocycles. The fraction of sp³-hybridized carbons (Fsp3) is 0.333. The van der Waals surface area contributed by atoms with Crippen molar-refractivity contribution in [3.05, 3.63) is 53.6 Å². The van der Waals surface area contributed by atoms with Crippen LogP contribution < -0.4 is 5.32 Å². The summed E-state index contributed by atoms with van der Waals surface area (Å²) in [6.07, 6.45) is 0.560. The Balaban J connectivity index is 1.52. The van der Waals surface area contributed by atoms with Crippen LogP contribution in [0.25, 0.3) is 22.0 Å². The molecule has 1 amide bonds. The molecule has 1 aliphatic heterocycles. The summed E-state index contributed by atoms with van der Waals surface area (Å²) in [4.78, 5) is 20.0. The fourth-order valence-corrected chi connectivity index (χ4v) is 4.44. The summed E-state index contributed by atoms with van der Waals surface area (Å²) in [5.41, 5.74) is 1.48. The van der Waals surface area contributed by atoms with E-state index in [2.05, 4.69) is 10.3 Å². The first-order valence-electron chi connectivity index (χ1n) is 9.51. The maximum atomic E-state index is 13.0. The van der Waals surface area contributed by atoms with E-state index in [1.807, 2.05) is 36.4 Å². The minimum atomic E-state index is -2.33. The minimum Gasteiger partial charge on any atom is -0.462 e. The molecule has 3 aromatic rings. The van der Waals surface area contributed by atoms with Gasteiger partial charge in [-0.15, -0.1) is 11.3 Å². The molecule has 1 aromatic carbocycles. The van der Waals surface area contributed by atoms with Crippen LogP contribution in [-0.4, -0.2) is 47.9 Å². The van der Waals surface area contributed by atoms with Crippen molar-refractivity contribution in [3.63, 3.8) is 0 Å². The van der Waals surface area contributed by atoms with Crippen molar-refractivity contribution >= 4 is 17.2 Å². The molecule has 5 nitrogen and oxygen atoms in total. The number of furan rings is 1. The lowest BCUT2D eigenvalue weighted by molar-refractivity contribution is 0.0697. The standard InChI is InChI=1S/C21H21F2N3O2S/c22-17(23)13-26-10-8-15(9-11-26)24-20(27)19-18(14-5-2-1-3-6-14)25-21(29-19)16-7-4-12-28-16/h1-7,12,15,17H,8-11,13H2,(H,24,27). The number of benzene rings is 1. The molecule has 0 saturated carbocycles. The predicted molar refractivity (Wildman–Crippen MR) is 108 cm³/mol. The van der Waals surface area contributed by atoms with Crippen LogP contribution in [0.2, 0.25) is 0 Å². The zero-order valence-corrected chi connectivity index (χ0v) is 16.5. The van der Waals surface area contributed by atoms with Gasteiger partial charge in [-0.3, -0.25) is 9.69 Å². The van der Waals surface area contributed by atoms with Crippen LogP contribution in [-0.2, 0) is 0 Å². The van der Waals surface area contributed by atoms with E-state index in [-0.39, 0.29) is 18.5 Å². The lowest BCUT2D eigenvalue weighted by Crippen LogP contribution is -2.45. The Labute approximate surface area is 171 Å². The van der Waals surface area contributed by atoms with Crippen LogP contribution in [0.4, 0.5) is 8.78 Å². The van der Waals surface area contributed by atoms with Gasteiger partial charge in [0.2, 0.25) is 0 Å². The summed E-state index contributed by atoms with van der Waals surface area (Å²) in [5, 5.41) is 3.71. The number of hydrogen-bond donors (Lipinski definition) is 1. The van der Waals surface area contributed by atoms with E-state index >= 15 is 0 Å². The number of alkyl halides is 2. The van der Waals surface area contributed by atoms with E-state index in [9.17, 15) is 13.6 Å². The monoisotopic (exact) mass is 417 g/mol. The first-order valence-corrected chi connectivity index (χ1v) is 10.3. The van der Waals surface area contributed by atoms with Gasteiger partial charge in [0.1, 0.15) is 4.88 Å². The molecule has 1 saturated heterocycles. The van der Waals surface area contributed by atoms with Gasteiger partial charge in [0.05, 0.1) is 18.5 Å². The fourth-order valence-electron chi connectivity index (χ4n) is 3.48. The SMILES string of the molecule is O=C(NC1CCN(CC(F)F)CC1)c1sc(-c2ccco2)nc1-c1ccccc1. The number of carbonyl (C=O) groups is 1. The van der Waals surface area contributed by atoms with Crippen LogP contribution in [0.3, 0.4) is 0 Å². The third-order valence-corrected chi connectivity index (χ3v) is 6.00. The number of aromatic nitrogens is 1. The highest BCUT2D eigenvalue weighted by atomic mass is 32.1. The van der Waals surface area contributed by atoms with Crippen molar-refractivity contribution in [3.8, 4) is 22.0 Å². The summed E-state index contributed by atoms with van der Waals surface area (Å²) in [6.45, 7) is 0.905. The number of halogens is 2. The van der Waals surface area contributed by atoms with Gasteiger partial charge in [0.25, 0.3) is 12.3 Å². The third-order valence-electron chi connectivity index (χ3n) is 4.93. The highest BCUT2D eigenvalue weighted by Crippen LogP contribution is 2.34. The second-order valence-corrected chi connectivity index (χ2v) is 7.98. The van der Waals surface area contributed by atoms with Gasteiger partial charge in [-0.05, 0) is 25.0 Å². The lowest BCUT2D eigenvalue weighted by atomic mass is 10.0. The number of nitrogens with one attached hydrogen (secondary N) is 1. The van der Waals surface area contributed by atoms with E-state index in [4.69, 9.17) is 4.42 Å². The quantitative estimate of drug-likeness (QED) is 0.640. The summed E-state index contributed by atoms with van der Waals surface area (Å²) in [5.74, 6) is 0.429. The molecule has 152 valence electrons. The van der Waals surface area contributed by atoms with Gasteiger partial charge < -0.3 is 9.73 Å². The zero-order valence-electron chi connectivity index (χ0n) is 15.7. The molecule has 3 heterocycles. The van der Waals surface area contributed by atoms with E-state index in [1.165, 1.54) is 11.3 Å². The molecular weight excluding hydrogens is 396 g/mol. The molecule has 0 spiro atoms. The van der Waals surface area contributed by atoms with Crippen LogP contribution in [0.5, 0.6) is 0 Å². The van der Waals surface area contributed by atoms with Crippen LogP contribution in [0, 0.1) is 0 Å². The summed E-state index contributed by atoms with van der Waals surface area (Å²) in [6, 6.07) is 13.1. The van der Waals surface area contributed by atoms with Gasteiger partial charge in [-0.1, -0.05) is 30.3 Å². The molecule has 0 bridgehead atoms. The van der Waals surface area contributed by atoms with Crippen molar-refractivity contribution in [2.75, 3.05) is 19.6 Å². The Morgan fingerprint density at radius 2 is 1.97 bits per heavy atom. The Kier molecular flexibility index (Phi) is 6.01. The maximum Gasteiger partial charge on any atom is 0.263 e. The van der Waals surface area contributed by atoms with Gasteiger partial charge in [0, 0.05) is 24.7 Å². The van der Waals surface area contributed by atoms with E-state index < -0.39 is 6.43 Å². The van der Waals surface area contributed by atoms with Gasteiger partial charge in [0.15, 0.2) is 10.8 Å². The number of piperidine rings is 1. The first kappa shape index (κ1) is 19.7. The molecule has 1 aliphatic rings. The normalized spacial score (nSPS) is 15.7. The summed E-state index contributed by atoms with van der Waals surface area (Å²) in [7, 11) is 0. The Hall–Kier alpha value is -2.58. The maximum absolute atomic E-state index is 13.0. The predicted octanol–water partition coefficient (Wildman–Crippen LogP) is 4.53. The molecule has 0 atom stereocenters. The van der Waals surface area contributed by atoms with Crippen LogP contribution in [0.1, 0.15) is 22.5 Å². The van der Waals surface area contributed by atoms with E-state index in [1.54, 1.807) is 17.2 Å². The van der Waals surface area contributed by atoms with E-state index in [0.717, 1.165) is 5.56 Å². The number of amides is 1. The number of carbonyl (C=O) groups excluding carboxylic acids is 1. The average Bonchev–Trinajstić information content (AvgIpc) is 3.39. The molecular formula is C21H21F2N3O2S. The number of hydrogen-bond acceptors (Lipinski definition) is 5. The summed E-state index contributed by atoms with van der Waals surface area (Å²) < 4.78 is 30.5.